The Balaban J connectivity index is 1.97. The van der Waals surface area contributed by atoms with Gasteiger partial charge in [-0.3, -0.25) is 4.68 Å². The Morgan fingerprint density at radius 3 is 2.54 bits per heavy atom. The molecule has 0 bridgehead atoms. The molecule has 0 aliphatic carbocycles. The van der Waals surface area contributed by atoms with Crippen molar-refractivity contribution in [3.8, 4) is 22.8 Å². The fourth-order valence-corrected chi connectivity index (χ4v) is 2.39. The summed E-state index contributed by atoms with van der Waals surface area (Å²) in [6, 6.07) is 5.72. The van der Waals surface area contributed by atoms with Crippen LogP contribution in [-0.2, 0) is 7.05 Å². The van der Waals surface area contributed by atoms with Gasteiger partial charge in [-0.25, -0.2) is 9.97 Å². The van der Waals surface area contributed by atoms with E-state index in [-0.39, 0.29) is 0 Å². The summed E-state index contributed by atoms with van der Waals surface area (Å²) in [7, 11) is 5.09. The summed E-state index contributed by atoms with van der Waals surface area (Å²) in [6.07, 6.45) is 5.37. The number of methoxy groups -OCH3 is 2. The van der Waals surface area contributed by atoms with Crippen molar-refractivity contribution in [3.05, 3.63) is 42.4 Å². The SMILES string of the molecule is COc1ccc(-c2nc(Nc3cnn(C)c3)ncc2C)cc1OC. The van der Waals surface area contributed by atoms with E-state index in [4.69, 9.17) is 9.47 Å². The summed E-state index contributed by atoms with van der Waals surface area (Å²) in [4.78, 5) is 8.95. The Kier molecular flexibility index (Phi) is 4.33. The number of aromatic nitrogens is 4. The molecule has 0 amide bonds. The van der Waals surface area contributed by atoms with E-state index in [0.29, 0.717) is 17.4 Å². The van der Waals surface area contributed by atoms with Gasteiger partial charge in [-0.2, -0.15) is 5.10 Å². The van der Waals surface area contributed by atoms with Gasteiger partial charge in [0.05, 0.1) is 31.8 Å². The van der Waals surface area contributed by atoms with E-state index in [1.54, 1.807) is 31.3 Å². The molecule has 2 heterocycles. The molecule has 0 radical (unpaired) electrons. The molecule has 3 rings (SSSR count). The van der Waals surface area contributed by atoms with Crippen molar-refractivity contribution < 1.29 is 9.47 Å². The van der Waals surface area contributed by atoms with Gasteiger partial charge in [0.15, 0.2) is 11.5 Å². The second-order valence-electron chi connectivity index (χ2n) is 5.32. The van der Waals surface area contributed by atoms with Gasteiger partial charge < -0.3 is 14.8 Å². The Hall–Kier alpha value is -3.09. The molecule has 1 N–H and O–H groups in total. The molecule has 124 valence electrons. The standard InChI is InChI=1S/C17H19N5O2/c1-11-8-18-17(20-13-9-19-22(2)10-13)21-16(11)12-5-6-14(23-3)15(7-12)24-4/h5-10H,1-4H3,(H,18,20,21). The van der Waals surface area contributed by atoms with Crippen molar-refractivity contribution in [2.45, 2.75) is 6.92 Å². The van der Waals surface area contributed by atoms with Crippen molar-refractivity contribution >= 4 is 11.6 Å². The van der Waals surface area contributed by atoms with Gasteiger partial charge >= 0.3 is 0 Å². The van der Waals surface area contributed by atoms with Crippen LogP contribution in [0.25, 0.3) is 11.3 Å². The van der Waals surface area contributed by atoms with Crippen LogP contribution in [0.3, 0.4) is 0 Å². The van der Waals surface area contributed by atoms with Gasteiger partial charge in [-0.05, 0) is 30.7 Å². The van der Waals surface area contributed by atoms with E-state index >= 15 is 0 Å². The maximum Gasteiger partial charge on any atom is 0.227 e. The fourth-order valence-electron chi connectivity index (χ4n) is 2.39. The molecule has 0 atom stereocenters. The second-order valence-corrected chi connectivity index (χ2v) is 5.32. The number of anilines is 2. The van der Waals surface area contributed by atoms with Gasteiger partial charge in [-0.1, -0.05) is 0 Å². The molecule has 0 saturated heterocycles. The first-order chi connectivity index (χ1) is 11.6. The first kappa shape index (κ1) is 15.8. The number of ether oxygens (including phenoxy) is 2. The first-order valence-electron chi connectivity index (χ1n) is 7.42. The quantitative estimate of drug-likeness (QED) is 0.777. The highest BCUT2D eigenvalue weighted by Gasteiger charge is 2.11. The van der Waals surface area contributed by atoms with E-state index in [0.717, 1.165) is 22.5 Å². The molecule has 7 nitrogen and oxygen atoms in total. The smallest absolute Gasteiger partial charge is 0.227 e. The van der Waals surface area contributed by atoms with E-state index in [2.05, 4.69) is 20.4 Å². The zero-order valence-corrected chi connectivity index (χ0v) is 14.1. The first-order valence-corrected chi connectivity index (χ1v) is 7.42. The Labute approximate surface area is 140 Å². The van der Waals surface area contributed by atoms with Gasteiger partial charge in [0.25, 0.3) is 0 Å². The van der Waals surface area contributed by atoms with Crippen LogP contribution in [-0.4, -0.2) is 34.0 Å². The highest BCUT2D eigenvalue weighted by Crippen LogP contribution is 2.33. The lowest BCUT2D eigenvalue weighted by molar-refractivity contribution is 0.355. The fraction of sp³-hybridized carbons (Fsp3) is 0.235. The number of nitrogens with zero attached hydrogens (tertiary/aromatic N) is 4. The second kappa shape index (κ2) is 6.57. The monoisotopic (exact) mass is 325 g/mol. The topological polar surface area (TPSA) is 74.1 Å². The van der Waals surface area contributed by atoms with Crippen LogP contribution >= 0.6 is 0 Å². The van der Waals surface area contributed by atoms with Crippen LogP contribution in [0.1, 0.15) is 5.56 Å². The summed E-state index contributed by atoms with van der Waals surface area (Å²) in [6.45, 7) is 1.97. The number of hydrogen-bond acceptors (Lipinski definition) is 6. The molecule has 0 spiro atoms. The molecule has 2 aromatic heterocycles. The normalized spacial score (nSPS) is 10.5. The number of benzene rings is 1. The molecule has 7 heteroatoms. The molecule has 0 fully saturated rings. The molecule has 0 unspecified atom stereocenters. The van der Waals surface area contributed by atoms with Crippen LogP contribution in [0.2, 0.25) is 0 Å². The highest BCUT2D eigenvalue weighted by atomic mass is 16.5. The third-order valence-corrected chi connectivity index (χ3v) is 3.59. The van der Waals surface area contributed by atoms with Crippen molar-refractivity contribution in [3.63, 3.8) is 0 Å². The van der Waals surface area contributed by atoms with Crippen molar-refractivity contribution in [1.29, 1.82) is 0 Å². The van der Waals surface area contributed by atoms with Crippen molar-refractivity contribution in [2.24, 2.45) is 7.05 Å². The maximum atomic E-state index is 5.37. The molecule has 0 saturated carbocycles. The zero-order chi connectivity index (χ0) is 17.1. The third-order valence-electron chi connectivity index (χ3n) is 3.59. The average Bonchev–Trinajstić information content (AvgIpc) is 3.00. The van der Waals surface area contributed by atoms with E-state index in [9.17, 15) is 0 Å². The van der Waals surface area contributed by atoms with E-state index < -0.39 is 0 Å². The molecular formula is C17H19N5O2. The predicted molar refractivity (Wildman–Crippen MR) is 91.8 cm³/mol. The van der Waals surface area contributed by atoms with E-state index in [1.807, 2.05) is 38.4 Å². The summed E-state index contributed by atoms with van der Waals surface area (Å²) >= 11 is 0. The minimum Gasteiger partial charge on any atom is -0.493 e. The van der Waals surface area contributed by atoms with Gasteiger partial charge in [0.1, 0.15) is 0 Å². The Bertz CT molecular complexity index is 860. The third kappa shape index (κ3) is 3.15. The van der Waals surface area contributed by atoms with Crippen molar-refractivity contribution in [1.82, 2.24) is 19.7 Å². The Morgan fingerprint density at radius 2 is 1.88 bits per heavy atom. The summed E-state index contributed by atoms with van der Waals surface area (Å²) in [5.74, 6) is 1.86. The highest BCUT2D eigenvalue weighted by molar-refractivity contribution is 5.68. The molecule has 0 aliphatic rings. The largest absolute Gasteiger partial charge is 0.493 e. The number of nitrogens with one attached hydrogen (secondary N) is 1. The lowest BCUT2D eigenvalue weighted by Crippen LogP contribution is -2.00. The number of rotatable bonds is 5. The lowest BCUT2D eigenvalue weighted by Gasteiger charge is -2.11. The van der Waals surface area contributed by atoms with E-state index in [1.165, 1.54) is 0 Å². The van der Waals surface area contributed by atoms with Gasteiger partial charge in [0.2, 0.25) is 5.95 Å². The molecule has 3 aromatic rings. The van der Waals surface area contributed by atoms with Crippen LogP contribution < -0.4 is 14.8 Å². The maximum absolute atomic E-state index is 5.37. The Morgan fingerprint density at radius 1 is 1.08 bits per heavy atom. The van der Waals surface area contributed by atoms with Crippen LogP contribution in [0.4, 0.5) is 11.6 Å². The lowest BCUT2D eigenvalue weighted by atomic mass is 10.1. The van der Waals surface area contributed by atoms with Crippen molar-refractivity contribution in [2.75, 3.05) is 19.5 Å². The molecule has 1 aromatic carbocycles. The van der Waals surface area contributed by atoms with Crippen LogP contribution in [0.5, 0.6) is 11.5 Å². The summed E-state index contributed by atoms with van der Waals surface area (Å²) in [5.41, 5.74) is 3.57. The minimum atomic E-state index is 0.512. The summed E-state index contributed by atoms with van der Waals surface area (Å²) < 4.78 is 12.4. The number of hydrogen-bond donors (Lipinski definition) is 1. The molecule has 24 heavy (non-hydrogen) atoms. The van der Waals surface area contributed by atoms with Crippen LogP contribution in [0.15, 0.2) is 36.8 Å². The zero-order valence-electron chi connectivity index (χ0n) is 14.1. The minimum absolute atomic E-state index is 0.512. The molecule has 0 aliphatic heterocycles. The average molecular weight is 325 g/mol. The van der Waals surface area contributed by atoms with Gasteiger partial charge in [-0.15, -0.1) is 0 Å². The number of aryl methyl sites for hydroxylation is 2. The predicted octanol–water partition coefficient (Wildman–Crippen LogP) is 2.95. The van der Waals surface area contributed by atoms with Gasteiger partial charge in [0, 0.05) is 25.0 Å². The summed E-state index contributed by atoms with van der Waals surface area (Å²) in [5, 5.41) is 7.27. The molecular weight excluding hydrogens is 306 g/mol. The van der Waals surface area contributed by atoms with Crippen LogP contribution in [0, 0.1) is 6.92 Å².